The smallest absolute Gasteiger partial charge is 0.258 e. The van der Waals surface area contributed by atoms with E-state index in [-0.39, 0.29) is 21.2 Å². The Morgan fingerprint density at radius 1 is 0.595 bits per heavy atom. The van der Waals surface area contributed by atoms with Gasteiger partial charge >= 0.3 is 0 Å². The van der Waals surface area contributed by atoms with Crippen molar-refractivity contribution in [1.29, 1.82) is 0 Å². The Bertz CT molecular complexity index is 1390. The second kappa shape index (κ2) is 14.2. The molecule has 0 radical (unpaired) electrons. The summed E-state index contributed by atoms with van der Waals surface area (Å²) >= 11 is 5.68. The van der Waals surface area contributed by atoms with Gasteiger partial charge in [-0.05, 0) is 63.9 Å². The van der Waals surface area contributed by atoms with Gasteiger partial charge in [0.15, 0.2) is 0 Å². The molecule has 0 amide bonds. The molecule has 0 aromatic heterocycles. The van der Waals surface area contributed by atoms with Crippen LogP contribution in [0.15, 0.2) is 99.6 Å². The maximum absolute atomic E-state index is 10.9. The number of hydrogen-bond donors (Lipinski definition) is 1. The third-order valence-electron chi connectivity index (χ3n) is 5.28. The van der Waals surface area contributed by atoms with Crippen molar-refractivity contribution in [2.75, 3.05) is 0 Å². The van der Waals surface area contributed by atoms with E-state index in [2.05, 4.69) is 44.7 Å². The molecule has 0 saturated heterocycles. The summed E-state index contributed by atoms with van der Waals surface area (Å²) in [6.07, 6.45) is 0. The van der Waals surface area contributed by atoms with Gasteiger partial charge in [0.2, 0.25) is 0 Å². The van der Waals surface area contributed by atoms with Crippen molar-refractivity contribution in [2.45, 2.75) is 49.3 Å². The normalized spacial score (nSPS) is 9.89. The van der Waals surface area contributed by atoms with Crippen molar-refractivity contribution in [3.63, 3.8) is 0 Å². The molecule has 4 rings (SSSR count). The third kappa shape index (κ3) is 9.40. The highest BCUT2D eigenvalue weighted by Gasteiger charge is 2.14. The summed E-state index contributed by atoms with van der Waals surface area (Å²) in [7, 11) is 0. The average Bonchev–Trinajstić information content (AvgIpc) is 2.84. The lowest BCUT2D eigenvalue weighted by Crippen LogP contribution is -1.90. The lowest BCUT2D eigenvalue weighted by atomic mass is 10.2. The second-order valence-corrected chi connectivity index (χ2v) is 9.99. The Kier molecular flexibility index (Phi) is 11.4. The summed E-state index contributed by atoms with van der Waals surface area (Å²) in [5.74, 6) is 0. The van der Waals surface area contributed by atoms with Gasteiger partial charge in [-0.2, -0.15) is 0 Å². The minimum absolute atomic E-state index is 0.155. The Morgan fingerprint density at radius 3 is 1.59 bits per heavy atom. The van der Waals surface area contributed by atoms with Crippen LogP contribution in [0.4, 0.5) is 11.4 Å². The van der Waals surface area contributed by atoms with Crippen LogP contribution in [0.1, 0.15) is 27.8 Å². The fourth-order valence-electron chi connectivity index (χ4n) is 3.30. The Balaban J connectivity index is 0.000000214. The number of nitro benzene ring substituents is 2. The van der Waals surface area contributed by atoms with Crippen molar-refractivity contribution in [3.8, 4) is 0 Å². The number of aryl methyl sites for hydroxylation is 5. The number of nitro groups is 2. The van der Waals surface area contributed by atoms with Gasteiger partial charge in [0.25, 0.3) is 11.4 Å². The molecule has 4 aromatic rings. The molecule has 0 aliphatic rings. The lowest BCUT2D eigenvalue weighted by Gasteiger charge is -2.06. The number of nitrogens with zero attached hydrogens (tertiary/aromatic N) is 2. The molecule has 0 aliphatic carbocycles. The summed E-state index contributed by atoms with van der Waals surface area (Å²) in [5, 5.41) is 21.2. The summed E-state index contributed by atoms with van der Waals surface area (Å²) in [6, 6.07) is 25.8. The molecule has 8 heteroatoms. The van der Waals surface area contributed by atoms with Crippen LogP contribution < -0.4 is 0 Å². The molecule has 192 valence electrons. The van der Waals surface area contributed by atoms with E-state index in [1.807, 2.05) is 38.1 Å². The van der Waals surface area contributed by atoms with Crippen molar-refractivity contribution in [1.82, 2.24) is 0 Å². The Hall–Kier alpha value is -3.62. The van der Waals surface area contributed by atoms with Crippen LogP contribution in [0.5, 0.6) is 0 Å². The van der Waals surface area contributed by atoms with E-state index in [4.69, 9.17) is 0 Å². The highest BCUT2D eigenvalue weighted by atomic mass is 32.2. The van der Waals surface area contributed by atoms with Crippen molar-refractivity contribution in [3.05, 3.63) is 133 Å². The monoisotopic (exact) mass is 534 g/mol. The number of hydrogen-bond acceptors (Lipinski definition) is 6. The Morgan fingerprint density at radius 2 is 1.11 bits per heavy atom. The predicted octanol–water partition coefficient (Wildman–Crippen LogP) is 8.86. The van der Waals surface area contributed by atoms with Crippen LogP contribution in [0.3, 0.4) is 0 Å². The van der Waals surface area contributed by atoms with Gasteiger partial charge in [-0.15, -0.1) is 12.6 Å². The largest absolute Gasteiger partial charge is 0.283 e. The summed E-state index contributed by atoms with van der Waals surface area (Å²) in [6.45, 7) is 9.92. The van der Waals surface area contributed by atoms with Gasteiger partial charge in [0, 0.05) is 27.5 Å². The van der Waals surface area contributed by atoms with Gasteiger partial charge in [-0.1, -0.05) is 77.5 Å². The van der Waals surface area contributed by atoms with Crippen molar-refractivity contribution < 1.29 is 9.85 Å². The van der Waals surface area contributed by atoms with E-state index in [1.165, 1.54) is 40.6 Å². The quantitative estimate of drug-likeness (QED) is 0.160. The topological polar surface area (TPSA) is 86.3 Å². The molecule has 0 spiro atoms. The molecular formula is C29H30N2O4S2. The highest BCUT2D eigenvalue weighted by molar-refractivity contribution is 7.99. The number of benzene rings is 4. The summed E-state index contributed by atoms with van der Waals surface area (Å²) in [4.78, 5) is 23.2. The Labute approximate surface area is 227 Å². The molecule has 0 N–H and O–H groups in total. The van der Waals surface area contributed by atoms with Crippen LogP contribution in [-0.2, 0) is 0 Å². The zero-order chi connectivity index (χ0) is 27.5. The van der Waals surface area contributed by atoms with Crippen LogP contribution in [-0.4, -0.2) is 9.85 Å². The molecule has 0 heterocycles. The minimum Gasteiger partial charge on any atom is -0.258 e. The van der Waals surface area contributed by atoms with E-state index in [0.717, 1.165) is 15.4 Å². The predicted molar refractivity (Wildman–Crippen MR) is 154 cm³/mol. The molecule has 0 aliphatic heterocycles. The van der Waals surface area contributed by atoms with E-state index in [1.54, 1.807) is 37.3 Å². The lowest BCUT2D eigenvalue weighted by molar-refractivity contribution is -0.387. The molecule has 37 heavy (non-hydrogen) atoms. The van der Waals surface area contributed by atoms with E-state index >= 15 is 0 Å². The first-order valence-corrected chi connectivity index (χ1v) is 12.7. The van der Waals surface area contributed by atoms with Gasteiger partial charge in [0.05, 0.1) is 14.7 Å². The number of thiol groups is 1. The first-order valence-electron chi connectivity index (χ1n) is 11.4. The van der Waals surface area contributed by atoms with Crippen LogP contribution >= 0.6 is 24.4 Å². The molecule has 0 unspecified atom stereocenters. The van der Waals surface area contributed by atoms with Gasteiger partial charge in [-0.3, -0.25) is 20.2 Å². The summed E-state index contributed by atoms with van der Waals surface area (Å²) in [5.41, 5.74) is 5.92. The average molecular weight is 535 g/mol. The first kappa shape index (κ1) is 29.6. The van der Waals surface area contributed by atoms with Gasteiger partial charge < -0.3 is 0 Å². The third-order valence-corrected chi connectivity index (χ3v) is 7.02. The van der Waals surface area contributed by atoms with Crippen molar-refractivity contribution in [2.24, 2.45) is 0 Å². The van der Waals surface area contributed by atoms with Crippen LogP contribution in [0.25, 0.3) is 0 Å². The molecule has 0 saturated carbocycles. The van der Waals surface area contributed by atoms with E-state index < -0.39 is 0 Å². The second-order valence-electron chi connectivity index (χ2n) is 8.43. The standard InChI is InChI=1S/C14H13NO2S.C8H10S.C7H7NO2/c1-10-7-8-13(11(2)9-10)18-14-6-4-3-5-12(14)15(16)17;1-6-3-4-8(9)7(2)5-6;1-6-4-2-3-5-7(6)8(9)10/h3-9H,1-2H3;3-5,9H,1-2H3;2-5H,1H3. The zero-order valence-corrected chi connectivity index (χ0v) is 23.2. The first-order chi connectivity index (χ1) is 17.5. The van der Waals surface area contributed by atoms with E-state index in [9.17, 15) is 20.2 Å². The fourth-order valence-corrected chi connectivity index (χ4v) is 4.43. The molecule has 4 aromatic carbocycles. The molecule has 0 bridgehead atoms. The fraction of sp³-hybridized carbons (Fsp3) is 0.172. The van der Waals surface area contributed by atoms with Gasteiger partial charge in [-0.25, -0.2) is 0 Å². The molecule has 0 atom stereocenters. The van der Waals surface area contributed by atoms with Gasteiger partial charge in [0.1, 0.15) is 0 Å². The van der Waals surface area contributed by atoms with Crippen molar-refractivity contribution >= 4 is 35.8 Å². The minimum atomic E-state index is -0.380. The summed E-state index contributed by atoms with van der Waals surface area (Å²) < 4.78 is 0. The van der Waals surface area contributed by atoms with E-state index in [0.29, 0.717) is 10.5 Å². The van der Waals surface area contributed by atoms with Crippen LogP contribution in [0.2, 0.25) is 0 Å². The van der Waals surface area contributed by atoms with Crippen LogP contribution in [0, 0.1) is 54.8 Å². The molecule has 0 fully saturated rings. The SMILES string of the molecule is Cc1ccc(S)c(C)c1.Cc1ccc(Sc2ccccc2[N+](=O)[O-])c(C)c1.Cc1ccccc1[N+](=O)[O-]. The molecular weight excluding hydrogens is 504 g/mol. The highest BCUT2D eigenvalue weighted by Crippen LogP contribution is 2.36. The number of para-hydroxylation sites is 2. The maximum Gasteiger partial charge on any atom is 0.283 e. The number of rotatable bonds is 4. The molecule has 6 nitrogen and oxygen atoms in total. The maximum atomic E-state index is 10.9. The zero-order valence-electron chi connectivity index (χ0n) is 21.5.